The Kier molecular flexibility index (Phi) is 3.60. The maximum Gasteiger partial charge on any atom is 0.240 e. The summed E-state index contributed by atoms with van der Waals surface area (Å²) >= 11 is 0. The Labute approximate surface area is 120 Å². The molecular weight excluding hydrogens is 276 g/mol. The van der Waals surface area contributed by atoms with Crippen LogP contribution >= 0.6 is 0 Å². The lowest BCUT2D eigenvalue weighted by molar-refractivity contribution is -0.0645. The average Bonchev–Trinajstić information content (AvgIpc) is 2.34. The molecule has 1 aliphatic rings. The van der Waals surface area contributed by atoms with Crippen molar-refractivity contribution in [3.8, 4) is 0 Å². The van der Waals surface area contributed by atoms with Crippen molar-refractivity contribution in [1.29, 1.82) is 0 Å². The van der Waals surface area contributed by atoms with E-state index in [4.69, 9.17) is 5.73 Å². The van der Waals surface area contributed by atoms with E-state index in [0.717, 1.165) is 11.1 Å². The number of anilines is 1. The lowest BCUT2D eigenvalue weighted by Gasteiger charge is -2.49. The van der Waals surface area contributed by atoms with Crippen molar-refractivity contribution in [1.82, 2.24) is 4.72 Å². The number of nitrogens with one attached hydrogen (secondary N) is 1. The third-order valence-corrected chi connectivity index (χ3v) is 5.96. The molecule has 112 valence electrons. The summed E-state index contributed by atoms with van der Waals surface area (Å²) in [6, 6.07) is 2.84. The van der Waals surface area contributed by atoms with Crippen molar-refractivity contribution in [3.05, 3.63) is 23.3 Å². The van der Waals surface area contributed by atoms with Gasteiger partial charge in [-0.3, -0.25) is 0 Å². The second-order valence-corrected chi connectivity index (χ2v) is 7.92. The van der Waals surface area contributed by atoms with E-state index in [0.29, 0.717) is 12.1 Å². The zero-order valence-electron chi connectivity index (χ0n) is 12.3. The molecule has 0 aliphatic heterocycles. The van der Waals surface area contributed by atoms with Crippen molar-refractivity contribution in [2.75, 3.05) is 5.73 Å². The first kappa shape index (κ1) is 15.3. The fraction of sp³-hybridized carbons (Fsp3) is 0.571. The van der Waals surface area contributed by atoms with Crippen LogP contribution in [-0.4, -0.2) is 25.7 Å². The van der Waals surface area contributed by atoms with Gasteiger partial charge in [0.2, 0.25) is 10.0 Å². The van der Waals surface area contributed by atoms with E-state index in [1.54, 1.807) is 6.07 Å². The Hall–Kier alpha value is -1.11. The van der Waals surface area contributed by atoms with Gasteiger partial charge < -0.3 is 10.8 Å². The molecule has 2 rings (SSSR count). The lowest BCUT2D eigenvalue weighted by atomic mass is 9.65. The second kappa shape index (κ2) is 4.72. The third kappa shape index (κ3) is 2.43. The topological polar surface area (TPSA) is 92.4 Å². The number of aliphatic hydroxyl groups excluding tert-OH is 1. The van der Waals surface area contributed by atoms with E-state index in [1.165, 1.54) is 6.07 Å². The van der Waals surface area contributed by atoms with Crippen molar-refractivity contribution in [2.45, 2.75) is 51.2 Å². The van der Waals surface area contributed by atoms with Crippen LogP contribution in [0.1, 0.15) is 31.4 Å². The number of hydrogen-bond acceptors (Lipinski definition) is 4. The fourth-order valence-corrected chi connectivity index (χ4v) is 3.89. The van der Waals surface area contributed by atoms with Crippen LogP contribution in [0.25, 0.3) is 0 Å². The average molecular weight is 298 g/mol. The molecule has 1 fully saturated rings. The molecule has 4 N–H and O–H groups in total. The van der Waals surface area contributed by atoms with Gasteiger partial charge in [-0.15, -0.1) is 0 Å². The standard InChI is InChI=1S/C14H22N2O3S/c1-8-5-10(6-11(15)9(8)2)20(18,19)16-12-7-13(17)14(12,3)4/h5-6,12-13,16-17H,7,15H2,1-4H3. The van der Waals surface area contributed by atoms with Crippen LogP contribution < -0.4 is 10.5 Å². The number of benzene rings is 1. The van der Waals surface area contributed by atoms with Crippen LogP contribution in [0.5, 0.6) is 0 Å². The molecule has 2 unspecified atom stereocenters. The molecule has 5 nitrogen and oxygen atoms in total. The molecule has 0 aromatic heterocycles. The number of aliphatic hydroxyl groups is 1. The molecular formula is C14H22N2O3S. The zero-order valence-corrected chi connectivity index (χ0v) is 13.1. The Morgan fingerprint density at radius 3 is 2.40 bits per heavy atom. The van der Waals surface area contributed by atoms with E-state index in [-0.39, 0.29) is 10.9 Å². The molecule has 1 aliphatic carbocycles. The number of sulfonamides is 1. The quantitative estimate of drug-likeness (QED) is 0.734. The normalized spacial score (nSPS) is 25.2. The Balaban J connectivity index is 2.28. The minimum absolute atomic E-state index is 0.176. The summed E-state index contributed by atoms with van der Waals surface area (Å²) in [6.45, 7) is 7.40. The number of rotatable bonds is 3. The van der Waals surface area contributed by atoms with Gasteiger partial charge in [0.1, 0.15) is 0 Å². The van der Waals surface area contributed by atoms with Gasteiger partial charge in [-0.2, -0.15) is 0 Å². The van der Waals surface area contributed by atoms with Gasteiger partial charge >= 0.3 is 0 Å². The molecule has 0 spiro atoms. The molecule has 1 saturated carbocycles. The maximum atomic E-state index is 12.4. The fourth-order valence-electron chi connectivity index (χ4n) is 2.37. The van der Waals surface area contributed by atoms with E-state index >= 15 is 0 Å². The predicted octanol–water partition coefficient (Wildman–Crippen LogP) is 1.32. The number of nitrogen functional groups attached to an aromatic ring is 1. The van der Waals surface area contributed by atoms with Crippen LogP contribution in [0, 0.1) is 19.3 Å². The van der Waals surface area contributed by atoms with Gasteiger partial charge in [0.25, 0.3) is 0 Å². The molecule has 0 heterocycles. The SMILES string of the molecule is Cc1cc(S(=O)(=O)NC2CC(O)C2(C)C)cc(N)c1C. The minimum atomic E-state index is -3.62. The number of nitrogens with two attached hydrogens (primary N) is 1. The van der Waals surface area contributed by atoms with E-state index < -0.39 is 21.5 Å². The monoisotopic (exact) mass is 298 g/mol. The van der Waals surface area contributed by atoms with Crippen LogP contribution in [0.4, 0.5) is 5.69 Å². The van der Waals surface area contributed by atoms with Gasteiger partial charge in [0.15, 0.2) is 0 Å². The number of aryl methyl sites for hydroxylation is 1. The predicted molar refractivity (Wildman–Crippen MR) is 78.8 cm³/mol. The van der Waals surface area contributed by atoms with Gasteiger partial charge in [-0.05, 0) is 43.5 Å². The van der Waals surface area contributed by atoms with Crippen molar-refractivity contribution >= 4 is 15.7 Å². The first-order valence-corrected chi connectivity index (χ1v) is 8.11. The Morgan fingerprint density at radius 2 is 1.95 bits per heavy atom. The van der Waals surface area contributed by atoms with Gasteiger partial charge in [-0.1, -0.05) is 13.8 Å². The second-order valence-electron chi connectivity index (χ2n) is 6.20. The maximum absolute atomic E-state index is 12.4. The summed E-state index contributed by atoms with van der Waals surface area (Å²) in [6.07, 6.45) is -0.0351. The molecule has 0 amide bonds. The molecule has 0 saturated heterocycles. The summed E-state index contributed by atoms with van der Waals surface area (Å²) in [5.41, 5.74) is 7.60. The Bertz CT molecular complexity index is 615. The molecule has 1 aromatic carbocycles. The molecule has 2 atom stereocenters. The lowest BCUT2D eigenvalue weighted by Crippen LogP contribution is -2.61. The highest BCUT2D eigenvalue weighted by Gasteiger charge is 2.48. The summed E-state index contributed by atoms with van der Waals surface area (Å²) in [7, 11) is -3.62. The van der Waals surface area contributed by atoms with Crippen molar-refractivity contribution in [3.63, 3.8) is 0 Å². The summed E-state index contributed by atoms with van der Waals surface area (Å²) < 4.78 is 27.5. The summed E-state index contributed by atoms with van der Waals surface area (Å²) in [5, 5.41) is 9.68. The highest BCUT2D eigenvalue weighted by molar-refractivity contribution is 7.89. The molecule has 20 heavy (non-hydrogen) atoms. The van der Waals surface area contributed by atoms with Crippen molar-refractivity contribution < 1.29 is 13.5 Å². The zero-order chi connectivity index (χ0) is 15.3. The van der Waals surface area contributed by atoms with E-state index in [1.807, 2.05) is 27.7 Å². The van der Waals surface area contributed by atoms with Crippen LogP contribution in [0.15, 0.2) is 17.0 Å². The van der Waals surface area contributed by atoms with Crippen LogP contribution in [0.2, 0.25) is 0 Å². The van der Waals surface area contributed by atoms with Crippen molar-refractivity contribution in [2.24, 2.45) is 5.41 Å². The molecule has 0 radical (unpaired) electrons. The Morgan fingerprint density at radius 1 is 1.35 bits per heavy atom. The summed E-state index contributed by atoms with van der Waals surface area (Å²) in [4.78, 5) is 0.176. The summed E-state index contributed by atoms with van der Waals surface area (Å²) in [5.74, 6) is 0. The molecule has 0 bridgehead atoms. The highest BCUT2D eigenvalue weighted by Crippen LogP contribution is 2.41. The van der Waals surface area contributed by atoms with Gasteiger partial charge in [0, 0.05) is 17.1 Å². The van der Waals surface area contributed by atoms with Crippen LogP contribution in [0.3, 0.4) is 0 Å². The highest BCUT2D eigenvalue weighted by atomic mass is 32.2. The van der Waals surface area contributed by atoms with Crippen LogP contribution in [-0.2, 0) is 10.0 Å². The molecule has 6 heteroatoms. The minimum Gasteiger partial charge on any atom is -0.398 e. The van der Waals surface area contributed by atoms with E-state index in [2.05, 4.69) is 4.72 Å². The third-order valence-electron chi connectivity index (χ3n) is 4.50. The smallest absolute Gasteiger partial charge is 0.240 e. The van der Waals surface area contributed by atoms with Gasteiger partial charge in [-0.25, -0.2) is 13.1 Å². The largest absolute Gasteiger partial charge is 0.398 e. The first-order chi connectivity index (χ1) is 9.05. The van der Waals surface area contributed by atoms with Gasteiger partial charge in [0.05, 0.1) is 11.0 Å². The first-order valence-electron chi connectivity index (χ1n) is 6.63. The van der Waals surface area contributed by atoms with E-state index in [9.17, 15) is 13.5 Å². The molecule has 1 aromatic rings. The number of hydrogen-bond donors (Lipinski definition) is 3.